The minimum Gasteiger partial charge on any atom is -0.381 e. The SMILES string of the molecule is Cc1cccn2nc(C3CCOC3)nc12. The van der Waals surface area contributed by atoms with E-state index in [2.05, 4.69) is 23.1 Å². The summed E-state index contributed by atoms with van der Waals surface area (Å²) in [6, 6.07) is 4.05. The molecule has 1 aliphatic rings. The first kappa shape index (κ1) is 8.85. The molecular weight excluding hydrogens is 190 g/mol. The monoisotopic (exact) mass is 203 g/mol. The van der Waals surface area contributed by atoms with E-state index in [4.69, 9.17) is 4.74 Å². The van der Waals surface area contributed by atoms with Gasteiger partial charge in [-0.25, -0.2) is 9.50 Å². The van der Waals surface area contributed by atoms with Crippen molar-refractivity contribution in [3.8, 4) is 0 Å². The van der Waals surface area contributed by atoms with Crippen LogP contribution in [0.15, 0.2) is 18.3 Å². The number of ether oxygens (including phenoxy) is 1. The van der Waals surface area contributed by atoms with Crippen LogP contribution >= 0.6 is 0 Å². The fourth-order valence-corrected chi connectivity index (χ4v) is 1.97. The van der Waals surface area contributed by atoms with Crippen LogP contribution in [0, 0.1) is 6.92 Å². The summed E-state index contributed by atoms with van der Waals surface area (Å²) < 4.78 is 7.20. The van der Waals surface area contributed by atoms with E-state index in [9.17, 15) is 0 Å². The summed E-state index contributed by atoms with van der Waals surface area (Å²) in [6.07, 6.45) is 2.98. The molecule has 4 nitrogen and oxygen atoms in total. The van der Waals surface area contributed by atoms with E-state index in [1.807, 2.05) is 16.8 Å². The smallest absolute Gasteiger partial charge is 0.158 e. The van der Waals surface area contributed by atoms with E-state index in [0.717, 1.165) is 36.7 Å². The van der Waals surface area contributed by atoms with Crippen LogP contribution < -0.4 is 0 Å². The van der Waals surface area contributed by atoms with Gasteiger partial charge in [0, 0.05) is 18.7 Å². The van der Waals surface area contributed by atoms with Crippen molar-refractivity contribution in [1.82, 2.24) is 14.6 Å². The van der Waals surface area contributed by atoms with Crippen LogP contribution in [-0.2, 0) is 4.74 Å². The van der Waals surface area contributed by atoms with Gasteiger partial charge in [-0.1, -0.05) is 6.07 Å². The highest BCUT2D eigenvalue weighted by molar-refractivity contribution is 5.46. The molecule has 2 aromatic rings. The van der Waals surface area contributed by atoms with Crippen LogP contribution in [0.25, 0.3) is 5.65 Å². The van der Waals surface area contributed by atoms with Crippen molar-refractivity contribution in [3.63, 3.8) is 0 Å². The van der Waals surface area contributed by atoms with Crippen LogP contribution in [0.4, 0.5) is 0 Å². The van der Waals surface area contributed by atoms with Gasteiger partial charge < -0.3 is 4.74 Å². The summed E-state index contributed by atoms with van der Waals surface area (Å²) in [5.41, 5.74) is 2.12. The van der Waals surface area contributed by atoms with E-state index >= 15 is 0 Å². The fourth-order valence-electron chi connectivity index (χ4n) is 1.97. The maximum Gasteiger partial charge on any atom is 0.158 e. The van der Waals surface area contributed by atoms with E-state index < -0.39 is 0 Å². The third kappa shape index (κ3) is 1.41. The van der Waals surface area contributed by atoms with Crippen LogP contribution in [0.3, 0.4) is 0 Å². The third-order valence-electron chi connectivity index (χ3n) is 2.87. The summed E-state index contributed by atoms with van der Waals surface area (Å²) in [4.78, 5) is 4.57. The molecule has 0 saturated carbocycles. The number of hydrogen-bond donors (Lipinski definition) is 0. The molecule has 1 atom stereocenters. The molecule has 3 heterocycles. The normalized spacial score (nSPS) is 21.3. The zero-order chi connectivity index (χ0) is 10.3. The van der Waals surface area contributed by atoms with Crippen LogP contribution in [0.1, 0.15) is 23.7 Å². The Kier molecular flexibility index (Phi) is 1.95. The molecule has 0 radical (unpaired) electrons. The number of aryl methyl sites for hydroxylation is 1. The molecule has 0 bridgehead atoms. The Bertz CT molecular complexity index is 486. The topological polar surface area (TPSA) is 39.4 Å². The fraction of sp³-hybridized carbons (Fsp3) is 0.455. The first-order valence-electron chi connectivity index (χ1n) is 5.24. The zero-order valence-electron chi connectivity index (χ0n) is 8.68. The molecular formula is C11H13N3O. The lowest BCUT2D eigenvalue weighted by Gasteiger charge is -1.98. The highest BCUT2D eigenvalue weighted by Crippen LogP contribution is 2.23. The molecule has 3 rings (SSSR count). The van der Waals surface area contributed by atoms with Gasteiger partial charge in [-0.05, 0) is 25.0 Å². The van der Waals surface area contributed by atoms with Gasteiger partial charge in [-0.3, -0.25) is 0 Å². The standard InChI is InChI=1S/C11H13N3O/c1-8-3-2-5-14-11(8)12-10(13-14)9-4-6-15-7-9/h2-3,5,9H,4,6-7H2,1H3. The lowest BCUT2D eigenvalue weighted by atomic mass is 10.1. The Morgan fingerprint density at radius 2 is 2.47 bits per heavy atom. The number of nitrogens with zero attached hydrogens (tertiary/aromatic N) is 3. The van der Waals surface area contributed by atoms with Gasteiger partial charge in [-0.15, -0.1) is 0 Å². The second kappa shape index (κ2) is 3.31. The Balaban J connectivity index is 2.09. The minimum atomic E-state index is 0.379. The Morgan fingerprint density at radius 3 is 3.20 bits per heavy atom. The summed E-state index contributed by atoms with van der Waals surface area (Å²) in [5, 5.41) is 4.48. The quantitative estimate of drug-likeness (QED) is 0.705. The molecule has 2 aromatic heterocycles. The van der Waals surface area contributed by atoms with E-state index in [0.29, 0.717) is 5.92 Å². The van der Waals surface area contributed by atoms with Gasteiger partial charge >= 0.3 is 0 Å². The van der Waals surface area contributed by atoms with Crippen molar-refractivity contribution >= 4 is 5.65 Å². The summed E-state index contributed by atoms with van der Waals surface area (Å²) >= 11 is 0. The van der Waals surface area contributed by atoms with E-state index in [1.165, 1.54) is 0 Å². The van der Waals surface area contributed by atoms with E-state index in [1.54, 1.807) is 0 Å². The van der Waals surface area contributed by atoms with E-state index in [-0.39, 0.29) is 0 Å². The molecule has 1 aliphatic heterocycles. The molecule has 1 unspecified atom stereocenters. The predicted octanol–water partition coefficient (Wildman–Crippen LogP) is 1.54. The van der Waals surface area contributed by atoms with Crippen molar-refractivity contribution in [1.29, 1.82) is 0 Å². The van der Waals surface area contributed by atoms with Crippen molar-refractivity contribution < 1.29 is 4.74 Å². The average molecular weight is 203 g/mol. The number of fused-ring (bicyclic) bond motifs is 1. The van der Waals surface area contributed by atoms with Gasteiger partial charge in [0.05, 0.1) is 6.61 Å². The Hall–Kier alpha value is -1.42. The zero-order valence-corrected chi connectivity index (χ0v) is 8.68. The van der Waals surface area contributed by atoms with Crippen molar-refractivity contribution in [2.75, 3.05) is 13.2 Å². The molecule has 78 valence electrons. The molecule has 15 heavy (non-hydrogen) atoms. The molecule has 1 fully saturated rings. The lowest BCUT2D eigenvalue weighted by molar-refractivity contribution is 0.193. The van der Waals surface area contributed by atoms with Crippen molar-refractivity contribution in [3.05, 3.63) is 29.7 Å². The highest BCUT2D eigenvalue weighted by Gasteiger charge is 2.22. The molecule has 0 aromatic carbocycles. The van der Waals surface area contributed by atoms with Crippen molar-refractivity contribution in [2.24, 2.45) is 0 Å². The Morgan fingerprint density at radius 1 is 1.53 bits per heavy atom. The van der Waals surface area contributed by atoms with Gasteiger partial charge in [0.15, 0.2) is 11.5 Å². The molecule has 0 amide bonds. The summed E-state index contributed by atoms with van der Waals surface area (Å²) in [5.74, 6) is 1.30. The second-order valence-electron chi connectivity index (χ2n) is 3.99. The molecule has 0 N–H and O–H groups in total. The first-order valence-corrected chi connectivity index (χ1v) is 5.24. The maximum absolute atomic E-state index is 5.35. The van der Waals surface area contributed by atoms with Gasteiger partial charge in [0.25, 0.3) is 0 Å². The second-order valence-corrected chi connectivity index (χ2v) is 3.99. The van der Waals surface area contributed by atoms with Gasteiger partial charge in [-0.2, -0.15) is 5.10 Å². The number of aromatic nitrogens is 3. The van der Waals surface area contributed by atoms with Gasteiger partial charge in [0.2, 0.25) is 0 Å². The number of hydrogen-bond acceptors (Lipinski definition) is 3. The lowest BCUT2D eigenvalue weighted by Crippen LogP contribution is -2.00. The van der Waals surface area contributed by atoms with Gasteiger partial charge in [0.1, 0.15) is 0 Å². The average Bonchev–Trinajstić information content (AvgIpc) is 2.86. The van der Waals surface area contributed by atoms with Crippen LogP contribution in [0.5, 0.6) is 0 Å². The summed E-state index contributed by atoms with van der Waals surface area (Å²) in [7, 11) is 0. The largest absolute Gasteiger partial charge is 0.381 e. The highest BCUT2D eigenvalue weighted by atomic mass is 16.5. The minimum absolute atomic E-state index is 0.379. The number of rotatable bonds is 1. The first-order chi connectivity index (χ1) is 7.34. The predicted molar refractivity (Wildman–Crippen MR) is 55.9 cm³/mol. The molecule has 1 saturated heterocycles. The Labute approximate surface area is 87.9 Å². The molecule has 0 aliphatic carbocycles. The summed E-state index contributed by atoms with van der Waals surface area (Å²) in [6.45, 7) is 3.65. The van der Waals surface area contributed by atoms with Crippen LogP contribution in [-0.4, -0.2) is 27.8 Å². The maximum atomic E-state index is 5.35. The molecule has 0 spiro atoms. The van der Waals surface area contributed by atoms with Crippen molar-refractivity contribution in [2.45, 2.75) is 19.3 Å². The molecule has 4 heteroatoms. The number of pyridine rings is 1. The van der Waals surface area contributed by atoms with Crippen LogP contribution in [0.2, 0.25) is 0 Å². The third-order valence-corrected chi connectivity index (χ3v) is 2.87.